The van der Waals surface area contributed by atoms with E-state index < -0.39 is 0 Å². The first-order valence-electron chi connectivity index (χ1n) is 4.45. The Kier molecular flexibility index (Phi) is 1.93. The van der Waals surface area contributed by atoms with Crippen LogP contribution in [0.1, 0.15) is 0 Å². The Balaban J connectivity index is 2.55. The molecule has 0 spiro atoms. The topological polar surface area (TPSA) is 57.0 Å². The molecule has 0 saturated heterocycles. The minimum atomic E-state index is 0.752. The van der Waals surface area contributed by atoms with Crippen LogP contribution in [0.15, 0.2) is 36.4 Å². The average Bonchev–Trinajstić information content (AvgIpc) is 2.48. The maximum atomic E-state index is 5.75. The summed E-state index contributed by atoms with van der Waals surface area (Å²) in [4.78, 5) is 0. The molecular formula is C11H13N3. The van der Waals surface area contributed by atoms with Crippen LogP contribution in [-0.4, -0.2) is 4.57 Å². The van der Waals surface area contributed by atoms with E-state index >= 15 is 0 Å². The molecule has 4 N–H and O–H groups in total. The molecule has 14 heavy (non-hydrogen) atoms. The van der Waals surface area contributed by atoms with E-state index in [1.165, 1.54) is 0 Å². The lowest BCUT2D eigenvalue weighted by atomic mass is 10.1. The van der Waals surface area contributed by atoms with E-state index in [1.54, 1.807) is 0 Å². The average molecular weight is 187 g/mol. The highest BCUT2D eigenvalue weighted by Crippen LogP contribution is 2.23. The molecule has 0 aliphatic heterocycles. The molecule has 0 aliphatic rings. The summed E-state index contributed by atoms with van der Waals surface area (Å²) in [6.07, 6.45) is 0. The summed E-state index contributed by atoms with van der Waals surface area (Å²) >= 11 is 0. The molecule has 0 radical (unpaired) electrons. The van der Waals surface area contributed by atoms with Crippen molar-refractivity contribution in [2.75, 3.05) is 11.5 Å². The molecule has 0 fully saturated rings. The normalized spacial score (nSPS) is 10.4. The maximum absolute atomic E-state index is 5.75. The maximum Gasteiger partial charge on any atom is 0.103 e. The van der Waals surface area contributed by atoms with Gasteiger partial charge >= 0.3 is 0 Å². The third-order valence-electron chi connectivity index (χ3n) is 2.34. The Morgan fingerprint density at radius 2 is 1.86 bits per heavy atom. The molecule has 72 valence electrons. The van der Waals surface area contributed by atoms with Crippen molar-refractivity contribution in [1.29, 1.82) is 0 Å². The number of aromatic nitrogens is 1. The van der Waals surface area contributed by atoms with E-state index in [9.17, 15) is 0 Å². The first-order valence-corrected chi connectivity index (χ1v) is 4.45. The third-order valence-corrected chi connectivity index (χ3v) is 2.34. The standard InChI is InChI=1S/C11H13N3/c1-14-10(5-6-11(14)13)8-3-2-4-9(12)7-8/h2-7H,12-13H2,1H3. The van der Waals surface area contributed by atoms with Crippen molar-refractivity contribution in [2.45, 2.75) is 0 Å². The molecule has 0 saturated carbocycles. The number of hydrogen-bond acceptors (Lipinski definition) is 2. The molecule has 1 heterocycles. The second kappa shape index (κ2) is 3.10. The van der Waals surface area contributed by atoms with Crippen molar-refractivity contribution in [1.82, 2.24) is 4.57 Å². The largest absolute Gasteiger partial charge is 0.399 e. The summed E-state index contributed by atoms with van der Waals surface area (Å²) in [7, 11) is 1.94. The van der Waals surface area contributed by atoms with Gasteiger partial charge in [0.05, 0.1) is 0 Å². The highest BCUT2D eigenvalue weighted by Gasteiger charge is 2.03. The molecule has 3 heteroatoms. The molecule has 0 atom stereocenters. The summed E-state index contributed by atoms with van der Waals surface area (Å²) in [5.74, 6) is 0.752. The number of nitrogens with zero attached hydrogens (tertiary/aromatic N) is 1. The fourth-order valence-corrected chi connectivity index (χ4v) is 1.51. The van der Waals surface area contributed by atoms with Gasteiger partial charge < -0.3 is 16.0 Å². The van der Waals surface area contributed by atoms with Crippen LogP contribution < -0.4 is 11.5 Å². The summed E-state index contributed by atoms with van der Waals surface area (Å²) in [6.45, 7) is 0. The number of nitrogen functional groups attached to an aromatic ring is 2. The Morgan fingerprint density at radius 1 is 1.07 bits per heavy atom. The molecule has 3 nitrogen and oxygen atoms in total. The Hall–Kier alpha value is -1.90. The predicted octanol–water partition coefficient (Wildman–Crippen LogP) is 1.86. The van der Waals surface area contributed by atoms with Gasteiger partial charge in [0.15, 0.2) is 0 Å². The van der Waals surface area contributed by atoms with Crippen molar-refractivity contribution in [3.8, 4) is 11.3 Å². The van der Waals surface area contributed by atoms with E-state index in [-0.39, 0.29) is 0 Å². The van der Waals surface area contributed by atoms with Crippen LogP contribution in [0.3, 0.4) is 0 Å². The lowest BCUT2D eigenvalue weighted by Gasteiger charge is -2.05. The number of anilines is 2. The monoisotopic (exact) mass is 187 g/mol. The van der Waals surface area contributed by atoms with Gasteiger partial charge in [-0.15, -0.1) is 0 Å². The van der Waals surface area contributed by atoms with Gasteiger partial charge in [0.25, 0.3) is 0 Å². The lowest BCUT2D eigenvalue weighted by molar-refractivity contribution is 0.950. The van der Waals surface area contributed by atoms with Gasteiger partial charge in [0, 0.05) is 24.0 Å². The SMILES string of the molecule is Cn1c(N)ccc1-c1cccc(N)c1. The van der Waals surface area contributed by atoms with Gasteiger partial charge in [-0.3, -0.25) is 0 Å². The molecule has 1 aromatic carbocycles. The zero-order valence-electron chi connectivity index (χ0n) is 8.07. The molecule has 0 amide bonds. The zero-order chi connectivity index (χ0) is 10.1. The first kappa shape index (κ1) is 8.69. The smallest absolute Gasteiger partial charge is 0.103 e. The molecule has 0 aliphatic carbocycles. The second-order valence-corrected chi connectivity index (χ2v) is 3.33. The predicted molar refractivity (Wildman–Crippen MR) is 59.7 cm³/mol. The van der Waals surface area contributed by atoms with Crippen LogP contribution in [0.4, 0.5) is 11.5 Å². The molecule has 1 aromatic heterocycles. The number of nitrogens with two attached hydrogens (primary N) is 2. The highest BCUT2D eigenvalue weighted by molar-refractivity contribution is 5.67. The summed E-state index contributed by atoms with van der Waals surface area (Å²) < 4.78 is 1.94. The van der Waals surface area contributed by atoms with Crippen LogP contribution in [0.2, 0.25) is 0 Å². The third kappa shape index (κ3) is 1.33. The van der Waals surface area contributed by atoms with E-state index in [4.69, 9.17) is 11.5 Å². The molecular weight excluding hydrogens is 174 g/mol. The zero-order valence-corrected chi connectivity index (χ0v) is 8.07. The Bertz CT molecular complexity index is 457. The molecule has 2 rings (SSSR count). The van der Waals surface area contributed by atoms with Gasteiger partial charge in [0.2, 0.25) is 0 Å². The number of rotatable bonds is 1. The second-order valence-electron chi connectivity index (χ2n) is 3.33. The van der Waals surface area contributed by atoms with Gasteiger partial charge in [-0.2, -0.15) is 0 Å². The van der Waals surface area contributed by atoms with Crippen LogP contribution in [0.5, 0.6) is 0 Å². The molecule has 0 bridgehead atoms. The lowest BCUT2D eigenvalue weighted by Crippen LogP contribution is -1.97. The molecule has 0 unspecified atom stereocenters. The Labute approximate surface area is 83.0 Å². The van der Waals surface area contributed by atoms with Crippen LogP contribution in [0.25, 0.3) is 11.3 Å². The summed E-state index contributed by atoms with van der Waals surface area (Å²) in [5.41, 5.74) is 14.4. The van der Waals surface area contributed by atoms with E-state index in [2.05, 4.69) is 0 Å². The molecule has 2 aromatic rings. The number of hydrogen-bond donors (Lipinski definition) is 2. The van der Waals surface area contributed by atoms with E-state index in [1.807, 2.05) is 48.0 Å². The minimum absolute atomic E-state index is 0.752. The first-order chi connectivity index (χ1) is 6.68. The van der Waals surface area contributed by atoms with Crippen molar-refractivity contribution >= 4 is 11.5 Å². The highest BCUT2D eigenvalue weighted by atomic mass is 15.0. The van der Waals surface area contributed by atoms with E-state index in [0.29, 0.717) is 0 Å². The van der Waals surface area contributed by atoms with Crippen molar-refractivity contribution < 1.29 is 0 Å². The van der Waals surface area contributed by atoms with Gasteiger partial charge in [-0.05, 0) is 24.3 Å². The van der Waals surface area contributed by atoms with Gasteiger partial charge in [-0.1, -0.05) is 12.1 Å². The quantitative estimate of drug-likeness (QED) is 0.669. The fraction of sp³-hybridized carbons (Fsp3) is 0.0909. The number of benzene rings is 1. The fourth-order valence-electron chi connectivity index (χ4n) is 1.51. The van der Waals surface area contributed by atoms with Crippen molar-refractivity contribution in [3.63, 3.8) is 0 Å². The summed E-state index contributed by atoms with van der Waals surface area (Å²) in [6, 6.07) is 11.6. The Morgan fingerprint density at radius 3 is 2.43 bits per heavy atom. The van der Waals surface area contributed by atoms with Crippen LogP contribution >= 0.6 is 0 Å². The van der Waals surface area contributed by atoms with Crippen LogP contribution in [0, 0.1) is 0 Å². The van der Waals surface area contributed by atoms with Crippen molar-refractivity contribution in [3.05, 3.63) is 36.4 Å². The van der Waals surface area contributed by atoms with Gasteiger partial charge in [-0.25, -0.2) is 0 Å². The van der Waals surface area contributed by atoms with E-state index in [0.717, 1.165) is 22.8 Å². The van der Waals surface area contributed by atoms with Crippen LogP contribution in [-0.2, 0) is 7.05 Å². The van der Waals surface area contributed by atoms with Gasteiger partial charge in [0.1, 0.15) is 5.82 Å². The minimum Gasteiger partial charge on any atom is -0.399 e. The van der Waals surface area contributed by atoms with Crippen molar-refractivity contribution in [2.24, 2.45) is 7.05 Å². The summed E-state index contributed by atoms with van der Waals surface area (Å²) in [5, 5.41) is 0.